The molecule has 1 fully saturated rings. The van der Waals surface area contributed by atoms with Crippen molar-refractivity contribution in [3.05, 3.63) is 71.8 Å². The second kappa shape index (κ2) is 7.07. The van der Waals surface area contributed by atoms with Crippen LogP contribution in [0.1, 0.15) is 23.2 Å². The molecule has 4 nitrogen and oxygen atoms in total. The Kier molecular flexibility index (Phi) is 4.68. The zero-order valence-electron chi connectivity index (χ0n) is 12.8. The summed E-state index contributed by atoms with van der Waals surface area (Å²) in [6.07, 6.45) is 0. The number of rotatable bonds is 4. The Labute approximate surface area is 136 Å². The van der Waals surface area contributed by atoms with Crippen molar-refractivity contribution < 1.29 is 0 Å². The van der Waals surface area contributed by atoms with Gasteiger partial charge in [-0.05, 0) is 11.1 Å². The third kappa shape index (κ3) is 3.10. The highest BCUT2D eigenvalue weighted by Crippen LogP contribution is 2.43. The summed E-state index contributed by atoms with van der Waals surface area (Å²) >= 11 is 0. The first-order valence-electron chi connectivity index (χ1n) is 7.67. The summed E-state index contributed by atoms with van der Waals surface area (Å²) < 4.78 is 0. The fourth-order valence-corrected chi connectivity index (χ4v) is 3.37. The lowest BCUT2D eigenvalue weighted by Crippen LogP contribution is -2.27. The van der Waals surface area contributed by atoms with Gasteiger partial charge in [0, 0.05) is 0 Å². The molecule has 1 aliphatic rings. The summed E-state index contributed by atoms with van der Waals surface area (Å²) in [5, 5.41) is 18.4. The Balaban J connectivity index is 2.05. The van der Waals surface area contributed by atoms with Crippen LogP contribution in [0.15, 0.2) is 60.7 Å². The van der Waals surface area contributed by atoms with Crippen LogP contribution < -0.4 is 0 Å². The van der Waals surface area contributed by atoms with Crippen LogP contribution in [0, 0.1) is 22.7 Å². The Morgan fingerprint density at radius 2 is 1.13 bits per heavy atom. The van der Waals surface area contributed by atoms with Gasteiger partial charge >= 0.3 is 0 Å². The number of hydrogen-bond acceptors (Lipinski definition) is 4. The molecule has 23 heavy (non-hydrogen) atoms. The lowest BCUT2D eigenvalue weighted by Gasteiger charge is -2.28. The summed E-state index contributed by atoms with van der Waals surface area (Å²) in [7, 11) is 0. The van der Waals surface area contributed by atoms with E-state index in [0.29, 0.717) is 19.8 Å². The summed E-state index contributed by atoms with van der Waals surface area (Å²) in [6.45, 7) is 1.33. The van der Waals surface area contributed by atoms with Crippen molar-refractivity contribution in [2.24, 2.45) is 0 Å². The van der Waals surface area contributed by atoms with Crippen LogP contribution >= 0.6 is 0 Å². The Bertz CT molecular complexity index is 651. The lowest BCUT2D eigenvalue weighted by atomic mass is 9.93. The van der Waals surface area contributed by atoms with Crippen molar-refractivity contribution in [1.29, 1.82) is 10.5 Å². The molecule has 0 bridgehead atoms. The smallest absolute Gasteiger partial charge is 0.0881 e. The summed E-state index contributed by atoms with van der Waals surface area (Å²) in [4.78, 5) is 4.29. The van der Waals surface area contributed by atoms with Gasteiger partial charge in [0.25, 0.3) is 0 Å². The number of nitriles is 2. The van der Waals surface area contributed by atoms with Gasteiger partial charge in [0.15, 0.2) is 0 Å². The molecule has 3 rings (SSSR count). The molecule has 2 atom stereocenters. The van der Waals surface area contributed by atoms with E-state index in [0.717, 1.165) is 0 Å². The lowest BCUT2D eigenvalue weighted by molar-refractivity contribution is 0.252. The molecular weight excluding hydrogens is 284 g/mol. The Morgan fingerprint density at radius 3 is 1.48 bits per heavy atom. The van der Waals surface area contributed by atoms with Crippen molar-refractivity contribution in [1.82, 2.24) is 9.80 Å². The van der Waals surface area contributed by atoms with E-state index < -0.39 is 0 Å². The van der Waals surface area contributed by atoms with Gasteiger partial charge in [0.1, 0.15) is 0 Å². The Morgan fingerprint density at radius 1 is 0.739 bits per heavy atom. The molecule has 0 aromatic heterocycles. The van der Waals surface area contributed by atoms with Gasteiger partial charge < -0.3 is 0 Å². The average molecular weight is 302 g/mol. The molecule has 1 saturated heterocycles. The molecule has 0 N–H and O–H groups in total. The van der Waals surface area contributed by atoms with Crippen molar-refractivity contribution in [3.8, 4) is 12.1 Å². The minimum atomic E-state index is 0.0756. The van der Waals surface area contributed by atoms with E-state index in [2.05, 4.69) is 46.2 Å². The molecule has 0 unspecified atom stereocenters. The van der Waals surface area contributed by atoms with Gasteiger partial charge in [-0.15, -0.1) is 0 Å². The summed E-state index contributed by atoms with van der Waals surface area (Å²) in [5.41, 5.74) is 2.36. The fourth-order valence-electron chi connectivity index (χ4n) is 3.37. The standard InChI is InChI=1S/C19H18N4/c20-11-13-22-15-23(14-12-21)19(17-9-5-2-6-10-17)18(22)16-7-3-1-4-8-16/h1-10,18-19H,13-15H2/t18-,19-/m0/s1. The number of nitrogens with zero attached hydrogens (tertiary/aromatic N) is 4. The molecule has 2 aromatic rings. The quantitative estimate of drug-likeness (QED) is 0.814. The number of hydrogen-bond donors (Lipinski definition) is 0. The molecule has 0 aliphatic carbocycles. The first-order chi connectivity index (χ1) is 11.3. The maximum atomic E-state index is 9.19. The van der Waals surface area contributed by atoms with E-state index in [1.807, 2.05) is 36.4 Å². The minimum absolute atomic E-state index is 0.0756. The first-order valence-corrected chi connectivity index (χ1v) is 7.67. The van der Waals surface area contributed by atoms with Gasteiger partial charge in [-0.25, -0.2) is 0 Å². The second-order valence-corrected chi connectivity index (χ2v) is 5.66. The molecule has 0 spiro atoms. The molecule has 1 heterocycles. The average Bonchev–Trinajstić information content (AvgIpc) is 2.95. The molecule has 1 aliphatic heterocycles. The third-order valence-corrected chi connectivity index (χ3v) is 4.28. The van der Waals surface area contributed by atoms with Crippen LogP contribution in [-0.4, -0.2) is 29.6 Å². The molecule has 0 amide bonds. The molecule has 0 saturated carbocycles. The highest BCUT2D eigenvalue weighted by molar-refractivity contribution is 5.30. The minimum Gasteiger partial charge on any atom is -0.268 e. The third-order valence-electron chi connectivity index (χ3n) is 4.28. The van der Waals surface area contributed by atoms with E-state index in [4.69, 9.17) is 0 Å². The molecular formula is C19H18N4. The summed E-state index contributed by atoms with van der Waals surface area (Å²) in [6, 6.07) is 25.2. The van der Waals surface area contributed by atoms with Gasteiger partial charge in [-0.1, -0.05) is 60.7 Å². The van der Waals surface area contributed by atoms with E-state index in [1.165, 1.54) is 11.1 Å². The van der Waals surface area contributed by atoms with E-state index in [1.54, 1.807) is 0 Å². The van der Waals surface area contributed by atoms with Crippen LogP contribution in [0.25, 0.3) is 0 Å². The van der Waals surface area contributed by atoms with E-state index >= 15 is 0 Å². The van der Waals surface area contributed by atoms with Crippen molar-refractivity contribution in [2.45, 2.75) is 12.1 Å². The SMILES string of the molecule is N#CCN1CN(CC#N)[C@@H](c2ccccc2)[C@@H]1c1ccccc1. The second-order valence-electron chi connectivity index (χ2n) is 5.66. The molecule has 114 valence electrons. The normalized spacial score (nSPS) is 21.7. The van der Waals surface area contributed by atoms with Crippen LogP contribution in [0.4, 0.5) is 0 Å². The van der Waals surface area contributed by atoms with Crippen LogP contribution in [0.2, 0.25) is 0 Å². The van der Waals surface area contributed by atoms with Crippen molar-refractivity contribution in [2.75, 3.05) is 19.8 Å². The Hall–Kier alpha value is -2.66. The largest absolute Gasteiger partial charge is 0.268 e. The van der Waals surface area contributed by atoms with Gasteiger partial charge in [0.05, 0.1) is 44.0 Å². The van der Waals surface area contributed by atoms with Crippen molar-refractivity contribution in [3.63, 3.8) is 0 Å². The predicted molar refractivity (Wildman–Crippen MR) is 87.9 cm³/mol. The van der Waals surface area contributed by atoms with Gasteiger partial charge in [-0.3, -0.25) is 9.80 Å². The highest BCUT2D eigenvalue weighted by atomic mass is 15.4. The maximum Gasteiger partial charge on any atom is 0.0881 e. The van der Waals surface area contributed by atoms with Gasteiger partial charge in [-0.2, -0.15) is 10.5 Å². The molecule has 0 radical (unpaired) electrons. The monoisotopic (exact) mass is 302 g/mol. The number of benzene rings is 2. The first kappa shape index (κ1) is 15.2. The van der Waals surface area contributed by atoms with Crippen LogP contribution in [0.3, 0.4) is 0 Å². The highest BCUT2D eigenvalue weighted by Gasteiger charge is 2.41. The fraction of sp³-hybridized carbons (Fsp3) is 0.263. The van der Waals surface area contributed by atoms with Gasteiger partial charge in [0.2, 0.25) is 0 Å². The van der Waals surface area contributed by atoms with Crippen LogP contribution in [0.5, 0.6) is 0 Å². The topological polar surface area (TPSA) is 54.1 Å². The maximum absolute atomic E-state index is 9.19. The van der Waals surface area contributed by atoms with E-state index in [-0.39, 0.29) is 12.1 Å². The predicted octanol–water partition coefficient (Wildman–Crippen LogP) is 3.09. The zero-order chi connectivity index (χ0) is 16.1. The molecule has 4 heteroatoms. The summed E-state index contributed by atoms with van der Waals surface area (Å²) in [5.74, 6) is 0. The zero-order valence-corrected chi connectivity index (χ0v) is 12.8. The van der Waals surface area contributed by atoms with Crippen molar-refractivity contribution >= 4 is 0 Å². The van der Waals surface area contributed by atoms with E-state index in [9.17, 15) is 10.5 Å². The van der Waals surface area contributed by atoms with Crippen LogP contribution in [-0.2, 0) is 0 Å². The molecule has 2 aromatic carbocycles.